The van der Waals surface area contributed by atoms with Crippen molar-refractivity contribution in [3.63, 3.8) is 0 Å². The molecule has 14 heavy (non-hydrogen) atoms. The number of rotatable bonds is 2. The number of carbonyl (C=O) groups is 1. The average molecular weight is 219 g/mol. The van der Waals surface area contributed by atoms with Crippen LogP contribution in [0.15, 0.2) is 6.07 Å². The van der Waals surface area contributed by atoms with Crippen molar-refractivity contribution in [1.29, 1.82) is 0 Å². The molecule has 0 unspecified atom stereocenters. The van der Waals surface area contributed by atoms with E-state index >= 15 is 0 Å². The van der Waals surface area contributed by atoms with E-state index in [9.17, 15) is 14.3 Å². The van der Waals surface area contributed by atoms with Crippen molar-refractivity contribution in [2.24, 2.45) is 0 Å². The third-order valence-corrected chi connectivity index (χ3v) is 2.04. The molecule has 0 fully saturated rings. The molecule has 0 aromatic heterocycles. The number of aromatic hydroxyl groups is 2. The molecule has 0 aliphatic rings. The van der Waals surface area contributed by atoms with Crippen molar-refractivity contribution in [3.8, 4) is 11.5 Å². The van der Waals surface area contributed by atoms with Gasteiger partial charge in [-0.1, -0.05) is 11.6 Å². The second-order valence-corrected chi connectivity index (χ2v) is 3.29. The zero-order valence-electron chi connectivity index (χ0n) is 7.34. The van der Waals surface area contributed by atoms with Crippen molar-refractivity contribution < 1.29 is 19.4 Å². The number of hydrogen-bond acceptors (Lipinski definition) is 3. The van der Waals surface area contributed by atoms with Crippen LogP contribution in [-0.4, -0.2) is 16.0 Å². The zero-order chi connectivity index (χ0) is 10.9. The maximum absolute atomic E-state index is 12.9. The Morgan fingerprint density at radius 1 is 1.50 bits per heavy atom. The second kappa shape index (κ2) is 3.84. The van der Waals surface area contributed by atoms with E-state index in [4.69, 9.17) is 16.7 Å². The summed E-state index contributed by atoms with van der Waals surface area (Å²) in [6.07, 6.45) is -0.122. The fourth-order valence-corrected chi connectivity index (χ4v) is 1.26. The Kier molecular flexibility index (Phi) is 2.96. The Morgan fingerprint density at radius 2 is 2.07 bits per heavy atom. The first-order chi connectivity index (χ1) is 6.43. The van der Waals surface area contributed by atoms with E-state index in [0.29, 0.717) is 0 Å². The molecule has 2 N–H and O–H groups in total. The summed E-state index contributed by atoms with van der Waals surface area (Å²) in [6, 6.07) is 0.887. The van der Waals surface area contributed by atoms with E-state index in [1.807, 2.05) is 0 Å². The van der Waals surface area contributed by atoms with Crippen LogP contribution in [0.3, 0.4) is 0 Å². The predicted octanol–water partition coefficient (Wildman–Crippen LogP) is 2.02. The van der Waals surface area contributed by atoms with Crippen molar-refractivity contribution in [3.05, 3.63) is 22.5 Å². The van der Waals surface area contributed by atoms with Gasteiger partial charge >= 0.3 is 0 Å². The highest BCUT2D eigenvalue weighted by Gasteiger charge is 2.16. The number of halogens is 2. The molecule has 1 aromatic rings. The normalized spacial score (nSPS) is 10.2. The molecule has 0 atom stereocenters. The lowest BCUT2D eigenvalue weighted by Gasteiger charge is -2.06. The Morgan fingerprint density at radius 3 is 2.57 bits per heavy atom. The minimum absolute atomic E-state index is 0.0674. The van der Waals surface area contributed by atoms with Gasteiger partial charge < -0.3 is 10.2 Å². The highest BCUT2D eigenvalue weighted by molar-refractivity contribution is 6.33. The van der Waals surface area contributed by atoms with Gasteiger partial charge in [-0.2, -0.15) is 0 Å². The van der Waals surface area contributed by atoms with E-state index < -0.39 is 22.3 Å². The summed E-state index contributed by atoms with van der Waals surface area (Å²) in [5, 5.41) is 17.9. The van der Waals surface area contributed by atoms with Crippen LogP contribution >= 0.6 is 11.6 Å². The minimum atomic E-state index is -0.955. The highest BCUT2D eigenvalue weighted by Crippen LogP contribution is 2.37. The molecule has 0 aliphatic carbocycles. The molecule has 0 bridgehead atoms. The molecule has 0 heterocycles. The van der Waals surface area contributed by atoms with E-state index in [2.05, 4.69) is 0 Å². The SMILES string of the molecule is CC(=O)Cc1cc(F)c(O)c(Cl)c1O. The lowest BCUT2D eigenvalue weighted by Crippen LogP contribution is -1.98. The van der Waals surface area contributed by atoms with Crippen molar-refractivity contribution in [2.75, 3.05) is 0 Å². The smallest absolute Gasteiger partial charge is 0.174 e. The molecule has 0 radical (unpaired) electrons. The first-order valence-corrected chi connectivity index (χ1v) is 4.19. The Labute approximate surface area is 84.7 Å². The molecular formula is C9H8ClFO3. The summed E-state index contributed by atoms with van der Waals surface area (Å²) >= 11 is 5.42. The summed E-state index contributed by atoms with van der Waals surface area (Å²) in [4.78, 5) is 10.7. The van der Waals surface area contributed by atoms with E-state index in [1.54, 1.807) is 0 Å². The lowest BCUT2D eigenvalue weighted by atomic mass is 10.1. The first kappa shape index (κ1) is 10.8. The van der Waals surface area contributed by atoms with Gasteiger partial charge in [-0.15, -0.1) is 0 Å². The molecule has 1 rings (SSSR count). The molecule has 1 aromatic carbocycles. The fraction of sp³-hybridized carbons (Fsp3) is 0.222. The van der Waals surface area contributed by atoms with Crippen molar-refractivity contribution in [1.82, 2.24) is 0 Å². The van der Waals surface area contributed by atoms with Gasteiger partial charge in [-0.05, 0) is 13.0 Å². The van der Waals surface area contributed by atoms with Gasteiger partial charge in [0.2, 0.25) is 0 Å². The Hall–Kier alpha value is -1.29. The molecule has 0 saturated heterocycles. The van der Waals surface area contributed by atoms with Crippen LogP contribution in [0.1, 0.15) is 12.5 Å². The predicted molar refractivity (Wildman–Crippen MR) is 49.1 cm³/mol. The average Bonchev–Trinajstić information content (AvgIpc) is 2.10. The number of benzene rings is 1. The molecule has 76 valence electrons. The monoisotopic (exact) mass is 218 g/mol. The zero-order valence-corrected chi connectivity index (χ0v) is 8.10. The summed E-state index contributed by atoms with van der Waals surface area (Å²) in [5.41, 5.74) is 0.0674. The van der Waals surface area contributed by atoms with Crippen LogP contribution in [-0.2, 0) is 11.2 Å². The van der Waals surface area contributed by atoms with Crippen molar-refractivity contribution >= 4 is 17.4 Å². The number of hydrogen-bond donors (Lipinski definition) is 2. The van der Waals surface area contributed by atoms with Gasteiger partial charge in [0.15, 0.2) is 11.6 Å². The van der Waals surface area contributed by atoms with Crippen LogP contribution < -0.4 is 0 Å². The first-order valence-electron chi connectivity index (χ1n) is 3.81. The molecule has 0 saturated carbocycles. The van der Waals surface area contributed by atoms with Crippen LogP contribution in [0, 0.1) is 5.82 Å². The third kappa shape index (κ3) is 1.96. The summed E-state index contributed by atoms with van der Waals surface area (Å²) in [5.74, 6) is -2.46. The van der Waals surface area contributed by atoms with Crippen molar-refractivity contribution in [2.45, 2.75) is 13.3 Å². The minimum Gasteiger partial charge on any atom is -0.506 e. The van der Waals surface area contributed by atoms with Gasteiger partial charge in [0.25, 0.3) is 0 Å². The molecule has 3 nitrogen and oxygen atoms in total. The van der Waals surface area contributed by atoms with E-state index in [0.717, 1.165) is 6.07 Å². The molecule has 0 aliphatic heterocycles. The van der Waals surface area contributed by atoms with Crippen LogP contribution in [0.5, 0.6) is 11.5 Å². The molecule has 5 heteroatoms. The largest absolute Gasteiger partial charge is 0.506 e. The fourth-order valence-electron chi connectivity index (χ4n) is 1.05. The van der Waals surface area contributed by atoms with Gasteiger partial charge in [-0.25, -0.2) is 4.39 Å². The quantitative estimate of drug-likeness (QED) is 0.799. The topological polar surface area (TPSA) is 57.5 Å². The van der Waals surface area contributed by atoms with Crippen LogP contribution in [0.4, 0.5) is 4.39 Å². The summed E-state index contributed by atoms with van der Waals surface area (Å²) < 4.78 is 12.9. The number of phenolic OH excluding ortho intramolecular Hbond substituents is 2. The maximum Gasteiger partial charge on any atom is 0.174 e. The number of phenols is 2. The highest BCUT2D eigenvalue weighted by atomic mass is 35.5. The van der Waals surface area contributed by atoms with Gasteiger partial charge in [0, 0.05) is 12.0 Å². The van der Waals surface area contributed by atoms with Gasteiger partial charge in [-0.3, -0.25) is 4.79 Å². The number of Topliss-reactive ketones (excluding diaryl/α,β-unsaturated/α-hetero) is 1. The van der Waals surface area contributed by atoms with Gasteiger partial charge in [0.05, 0.1) is 0 Å². The maximum atomic E-state index is 12.9. The third-order valence-electron chi connectivity index (χ3n) is 1.69. The summed E-state index contributed by atoms with van der Waals surface area (Å²) in [7, 11) is 0. The summed E-state index contributed by atoms with van der Waals surface area (Å²) in [6.45, 7) is 1.30. The molecule has 0 spiro atoms. The van der Waals surface area contributed by atoms with Crippen LogP contribution in [0.25, 0.3) is 0 Å². The van der Waals surface area contributed by atoms with E-state index in [1.165, 1.54) is 6.92 Å². The standard InChI is InChI=1S/C9H8ClFO3/c1-4(12)2-5-3-6(11)9(14)7(10)8(5)13/h3,13-14H,2H2,1H3. The Bertz CT molecular complexity index is 390. The second-order valence-electron chi connectivity index (χ2n) is 2.91. The lowest BCUT2D eigenvalue weighted by molar-refractivity contribution is -0.116. The Balaban J connectivity index is 3.25. The van der Waals surface area contributed by atoms with E-state index in [-0.39, 0.29) is 17.8 Å². The number of carbonyl (C=O) groups excluding carboxylic acids is 1. The molecule has 0 amide bonds. The molecular weight excluding hydrogens is 211 g/mol. The number of ketones is 1. The van der Waals surface area contributed by atoms with Crippen LogP contribution in [0.2, 0.25) is 5.02 Å². The van der Waals surface area contributed by atoms with Gasteiger partial charge in [0.1, 0.15) is 16.6 Å².